The zero-order chi connectivity index (χ0) is 19.6. The number of ether oxygens (including phenoxy) is 1. The largest absolute Gasteiger partial charge is 0.496 e. The summed E-state index contributed by atoms with van der Waals surface area (Å²) in [5.74, 6) is 1.04. The molecule has 0 unspecified atom stereocenters. The van der Waals surface area contributed by atoms with Gasteiger partial charge in [0.05, 0.1) is 18.4 Å². The molecule has 1 aliphatic heterocycles. The number of carbonyl (C=O) groups excluding carboxylic acids is 1. The van der Waals surface area contributed by atoms with Crippen LogP contribution in [-0.2, 0) is 13.6 Å². The Morgan fingerprint density at radius 1 is 1.33 bits per heavy atom. The number of hydrogen-bond acceptors (Lipinski definition) is 4. The first-order valence-electron chi connectivity index (χ1n) is 9.51. The second-order valence-corrected chi connectivity index (χ2v) is 7.54. The Kier molecular flexibility index (Phi) is 5.85. The number of aromatic nitrogens is 2. The molecule has 0 aromatic carbocycles. The van der Waals surface area contributed by atoms with Crippen molar-refractivity contribution in [3.63, 3.8) is 0 Å². The molecule has 1 fully saturated rings. The quantitative estimate of drug-likeness (QED) is 0.812. The minimum Gasteiger partial charge on any atom is -0.496 e. The fraction of sp³-hybridized carbons (Fsp3) is 0.524. The molecule has 6 nitrogen and oxygen atoms in total. The van der Waals surface area contributed by atoms with Crippen LogP contribution in [0, 0.1) is 13.8 Å². The van der Waals surface area contributed by atoms with Crippen molar-refractivity contribution in [3.8, 4) is 5.75 Å². The van der Waals surface area contributed by atoms with E-state index in [2.05, 4.69) is 16.8 Å². The van der Waals surface area contributed by atoms with Gasteiger partial charge < -0.3 is 14.2 Å². The minimum atomic E-state index is 0.106. The Balaban J connectivity index is 1.58. The van der Waals surface area contributed by atoms with Gasteiger partial charge in [0.1, 0.15) is 5.75 Å². The standard InChI is InChI=1S/C21H30N4O2/c1-15-12-22-19(16(2)20(15)27-5)14-25-10-7-18(8-11-25)24(4)21(26)17-6-9-23(3)13-17/h6,9,12-13,18H,7-8,10-11,14H2,1-5H3. The van der Waals surface area contributed by atoms with Crippen molar-refractivity contribution in [2.75, 3.05) is 27.2 Å². The van der Waals surface area contributed by atoms with E-state index < -0.39 is 0 Å². The normalized spacial score (nSPS) is 15.7. The molecule has 0 atom stereocenters. The molecule has 27 heavy (non-hydrogen) atoms. The van der Waals surface area contributed by atoms with Crippen molar-refractivity contribution in [2.45, 2.75) is 39.3 Å². The van der Waals surface area contributed by atoms with Crippen molar-refractivity contribution in [2.24, 2.45) is 7.05 Å². The number of likely N-dealkylation sites (tertiary alicyclic amines) is 1. The Morgan fingerprint density at radius 2 is 2.04 bits per heavy atom. The fourth-order valence-corrected chi connectivity index (χ4v) is 3.91. The summed E-state index contributed by atoms with van der Waals surface area (Å²) in [5, 5.41) is 0. The van der Waals surface area contributed by atoms with Gasteiger partial charge in [-0.25, -0.2) is 0 Å². The number of piperidine rings is 1. The molecule has 2 aromatic heterocycles. The lowest BCUT2D eigenvalue weighted by molar-refractivity contribution is 0.0635. The molecule has 0 aliphatic carbocycles. The monoisotopic (exact) mass is 370 g/mol. The summed E-state index contributed by atoms with van der Waals surface area (Å²) in [5.41, 5.74) is 4.02. The van der Waals surface area contributed by atoms with Crippen LogP contribution in [0.15, 0.2) is 24.7 Å². The molecular formula is C21H30N4O2. The van der Waals surface area contributed by atoms with E-state index in [0.717, 1.165) is 60.6 Å². The third kappa shape index (κ3) is 4.16. The van der Waals surface area contributed by atoms with Crippen molar-refractivity contribution in [1.29, 1.82) is 0 Å². The minimum absolute atomic E-state index is 0.106. The van der Waals surface area contributed by atoms with Crippen molar-refractivity contribution >= 4 is 5.91 Å². The molecule has 1 saturated heterocycles. The smallest absolute Gasteiger partial charge is 0.255 e. The summed E-state index contributed by atoms with van der Waals surface area (Å²) in [6.07, 6.45) is 7.65. The van der Waals surface area contributed by atoms with Crippen molar-refractivity contribution in [3.05, 3.63) is 47.0 Å². The fourth-order valence-electron chi connectivity index (χ4n) is 3.91. The second-order valence-electron chi connectivity index (χ2n) is 7.54. The van der Waals surface area contributed by atoms with Crippen LogP contribution in [0.4, 0.5) is 0 Å². The maximum absolute atomic E-state index is 12.7. The van der Waals surface area contributed by atoms with Gasteiger partial charge in [-0.15, -0.1) is 0 Å². The van der Waals surface area contributed by atoms with Gasteiger partial charge in [-0.2, -0.15) is 0 Å². The van der Waals surface area contributed by atoms with E-state index >= 15 is 0 Å². The van der Waals surface area contributed by atoms with Crippen LogP contribution in [0.25, 0.3) is 0 Å². The molecular weight excluding hydrogens is 340 g/mol. The summed E-state index contributed by atoms with van der Waals surface area (Å²) < 4.78 is 7.43. The number of nitrogens with zero attached hydrogens (tertiary/aromatic N) is 4. The van der Waals surface area contributed by atoms with Crippen LogP contribution in [0.3, 0.4) is 0 Å². The van der Waals surface area contributed by atoms with E-state index in [4.69, 9.17) is 4.74 Å². The average Bonchev–Trinajstić information content (AvgIpc) is 3.10. The highest BCUT2D eigenvalue weighted by atomic mass is 16.5. The lowest BCUT2D eigenvalue weighted by Crippen LogP contribution is -2.45. The van der Waals surface area contributed by atoms with E-state index in [0.29, 0.717) is 0 Å². The Hall–Kier alpha value is -2.34. The number of rotatable bonds is 5. The second kappa shape index (κ2) is 8.13. The van der Waals surface area contributed by atoms with Crippen LogP contribution in [0.1, 0.15) is 40.0 Å². The van der Waals surface area contributed by atoms with Gasteiger partial charge in [0.25, 0.3) is 5.91 Å². The molecule has 0 spiro atoms. The van der Waals surface area contributed by atoms with Crippen molar-refractivity contribution in [1.82, 2.24) is 19.4 Å². The molecule has 6 heteroatoms. The van der Waals surface area contributed by atoms with Gasteiger partial charge in [0, 0.05) is 69.5 Å². The van der Waals surface area contributed by atoms with Crippen LogP contribution in [0.2, 0.25) is 0 Å². The first-order chi connectivity index (χ1) is 12.9. The highest BCUT2D eigenvalue weighted by molar-refractivity contribution is 5.94. The third-order valence-electron chi connectivity index (χ3n) is 5.63. The van der Waals surface area contributed by atoms with Gasteiger partial charge in [-0.05, 0) is 32.8 Å². The Bertz CT molecular complexity index is 807. The van der Waals surface area contributed by atoms with E-state index in [9.17, 15) is 4.79 Å². The zero-order valence-electron chi connectivity index (χ0n) is 17.0. The molecule has 0 bridgehead atoms. The van der Waals surface area contributed by atoms with Gasteiger partial charge in [0.15, 0.2) is 0 Å². The Labute approximate surface area is 161 Å². The maximum atomic E-state index is 12.7. The van der Waals surface area contributed by atoms with Crippen molar-refractivity contribution < 1.29 is 9.53 Å². The van der Waals surface area contributed by atoms with Crippen LogP contribution in [0.5, 0.6) is 5.75 Å². The van der Waals surface area contributed by atoms with Crippen LogP contribution >= 0.6 is 0 Å². The number of aryl methyl sites for hydroxylation is 2. The number of hydrogen-bond donors (Lipinski definition) is 0. The zero-order valence-corrected chi connectivity index (χ0v) is 17.0. The number of pyridine rings is 1. The molecule has 0 saturated carbocycles. The molecule has 1 aliphatic rings. The first-order valence-corrected chi connectivity index (χ1v) is 9.51. The lowest BCUT2D eigenvalue weighted by Gasteiger charge is -2.36. The molecule has 3 heterocycles. The van der Waals surface area contributed by atoms with E-state index in [-0.39, 0.29) is 11.9 Å². The number of amides is 1. The summed E-state index contributed by atoms with van der Waals surface area (Å²) in [6.45, 7) is 6.86. The first kappa shape index (κ1) is 19.4. The molecule has 0 radical (unpaired) electrons. The molecule has 2 aromatic rings. The average molecular weight is 370 g/mol. The SMILES string of the molecule is COc1c(C)cnc(CN2CCC(N(C)C(=O)c3ccn(C)c3)CC2)c1C. The van der Waals surface area contributed by atoms with Gasteiger partial charge in [-0.3, -0.25) is 14.7 Å². The molecule has 146 valence electrons. The lowest BCUT2D eigenvalue weighted by atomic mass is 10.0. The van der Waals surface area contributed by atoms with E-state index in [1.54, 1.807) is 7.11 Å². The number of methoxy groups -OCH3 is 1. The molecule has 1 amide bonds. The van der Waals surface area contributed by atoms with Crippen LogP contribution < -0.4 is 4.74 Å². The summed E-state index contributed by atoms with van der Waals surface area (Å²) in [6, 6.07) is 2.17. The van der Waals surface area contributed by atoms with Crippen LogP contribution in [-0.4, -0.2) is 58.5 Å². The van der Waals surface area contributed by atoms with E-state index in [1.807, 2.05) is 55.1 Å². The van der Waals surface area contributed by atoms with Gasteiger partial charge >= 0.3 is 0 Å². The molecule has 0 N–H and O–H groups in total. The molecule has 3 rings (SSSR count). The maximum Gasteiger partial charge on any atom is 0.255 e. The summed E-state index contributed by atoms with van der Waals surface area (Å²) in [4.78, 5) is 21.6. The highest BCUT2D eigenvalue weighted by Crippen LogP contribution is 2.26. The number of carbonyl (C=O) groups is 1. The predicted molar refractivity (Wildman–Crippen MR) is 106 cm³/mol. The predicted octanol–water partition coefficient (Wildman–Crippen LogP) is 2.78. The summed E-state index contributed by atoms with van der Waals surface area (Å²) >= 11 is 0. The highest BCUT2D eigenvalue weighted by Gasteiger charge is 2.27. The summed E-state index contributed by atoms with van der Waals surface area (Å²) in [7, 11) is 5.57. The van der Waals surface area contributed by atoms with Gasteiger partial charge in [-0.1, -0.05) is 0 Å². The van der Waals surface area contributed by atoms with Gasteiger partial charge in [0.2, 0.25) is 0 Å². The topological polar surface area (TPSA) is 50.6 Å². The van der Waals surface area contributed by atoms with E-state index in [1.165, 1.54) is 0 Å². The third-order valence-corrected chi connectivity index (χ3v) is 5.63. The Morgan fingerprint density at radius 3 is 2.63 bits per heavy atom.